The summed E-state index contributed by atoms with van der Waals surface area (Å²) in [6.45, 7) is 0.918. The Hall–Kier alpha value is -1.68. The molecule has 4 nitrogen and oxygen atoms in total. The van der Waals surface area contributed by atoms with Gasteiger partial charge in [-0.25, -0.2) is 0 Å². The van der Waals surface area contributed by atoms with Crippen LogP contribution in [-0.2, 0) is 13.0 Å². The molecule has 1 N–H and O–H groups in total. The molecule has 0 saturated carbocycles. The number of aryl methyl sites for hydroxylation is 1. The van der Waals surface area contributed by atoms with E-state index in [0.717, 1.165) is 30.8 Å². The maximum absolute atomic E-state index is 10.4. The highest BCUT2D eigenvalue weighted by molar-refractivity contribution is 5.23. The summed E-state index contributed by atoms with van der Waals surface area (Å²) < 4.78 is 2.09. The van der Waals surface area contributed by atoms with E-state index in [2.05, 4.69) is 14.8 Å². The number of rotatable bonds is 2. The lowest BCUT2D eigenvalue weighted by Crippen LogP contribution is -2.11. The van der Waals surface area contributed by atoms with Crippen LogP contribution in [0.2, 0.25) is 0 Å². The van der Waals surface area contributed by atoms with E-state index in [0.29, 0.717) is 5.82 Å². The largest absolute Gasteiger partial charge is 0.380 e. The Morgan fingerprint density at radius 2 is 1.89 bits per heavy atom. The first-order chi connectivity index (χ1) is 8.86. The van der Waals surface area contributed by atoms with E-state index in [4.69, 9.17) is 0 Å². The summed E-state index contributed by atoms with van der Waals surface area (Å²) >= 11 is 0. The molecular formula is C14H17N3O. The number of aliphatic hydroxyl groups is 1. The lowest BCUT2D eigenvalue weighted by atomic mass is 10.1. The Labute approximate surface area is 106 Å². The fourth-order valence-corrected chi connectivity index (χ4v) is 2.49. The second kappa shape index (κ2) is 4.90. The Morgan fingerprint density at radius 3 is 2.72 bits per heavy atom. The molecule has 1 aliphatic heterocycles. The lowest BCUT2D eigenvalue weighted by Gasteiger charge is -2.12. The molecule has 0 saturated heterocycles. The third kappa shape index (κ3) is 2.04. The Balaban J connectivity index is 1.95. The Bertz CT molecular complexity index is 521. The van der Waals surface area contributed by atoms with Crippen LogP contribution in [0, 0.1) is 0 Å². The summed E-state index contributed by atoms with van der Waals surface area (Å²) in [4.78, 5) is 0. The van der Waals surface area contributed by atoms with Crippen molar-refractivity contribution in [2.24, 2.45) is 0 Å². The number of hydrogen-bond acceptors (Lipinski definition) is 3. The number of hydrogen-bond donors (Lipinski definition) is 1. The van der Waals surface area contributed by atoms with Crippen molar-refractivity contribution in [1.29, 1.82) is 0 Å². The summed E-state index contributed by atoms with van der Waals surface area (Å²) in [6, 6.07) is 9.64. The molecule has 1 aromatic heterocycles. The molecule has 1 aromatic carbocycles. The third-order valence-corrected chi connectivity index (χ3v) is 3.50. The molecule has 1 atom stereocenters. The summed E-state index contributed by atoms with van der Waals surface area (Å²) in [7, 11) is 0. The fourth-order valence-electron chi connectivity index (χ4n) is 2.49. The van der Waals surface area contributed by atoms with Gasteiger partial charge >= 0.3 is 0 Å². The maximum Gasteiger partial charge on any atom is 0.166 e. The van der Waals surface area contributed by atoms with E-state index in [1.807, 2.05) is 30.3 Å². The average Bonchev–Trinajstić information content (AvgIpc) is 2.68. The van der Waals surface area contributed by atoms with Crippen LogP contribution in [-0.4, -0.2) is 19.9 Å². The molecule has 0 amide bonds. The van der Waals surface area contributed by atoms with Crippen LogP contribution >= 0.6 is 0 Å². The molecule has 94 valence electrons. The zero-order chi connectivity index (χ0) is 12.4. The van der Waals surface area contributed by atoms with Gasteiger partial charge in [-0.1, -0.05) is 36.8 Å². The predicted octanol–water partition coefficient (Wildman–Crippen LogP) is 2.09. The molecular weight excluding hydrogens is 226 g/mol. The molecule has 2 aromatic rings. The first-order valence-corrected chi connectivity index (χ1v) is 6.51. The second-order valence-electron chi connectivity index (χ2n) is 4.75. The van der Waals surface area contributed by atoms with E-state index in [1.165, 1.54) is 12.8 Å². The minimum Gasteiger partial charge on any atom is -0.380 e. The van der Waals surface area contributed by atoms with Crippen molar-refractivity contribution in [2.75, 3.05) is 0 Å². The Kier molecular flexibility index (Phi) is 3.11. The van der Waals surface area contributed by atoms with Gasteiger partial charge in [0.2, 0.25) is 0 Å². The second-order valence-corrected chi connectivity index (χ2v) is 4.75. The molecule has 0 fully saturated rings. The van der Waals surface area contributed by atoms with Crippen LogP contribution in [0.25, 0.3) is 0 Å². The quantitative estimate of drug-likeness (QED) is 0.878. The minimum absolute atomic E-state index is 0.675. The molecule has 0 aliphatic carbocycles. The maximum atomic E-state index is 10.4. The monoisotopic (exact) mass is 243 g/mol. The highest BCUT2D eigenvalue weighted by Gasteiger charge is 2.21. The van der Waals surface area contributed by atoms with Gasteiger partial charge in [-0.2, -0.15) is 0 Å². The molecule has 18 heavy (non-hydrogen) atoms. The molecule has 2 heterocycles. The smallest absolute Gasteiger partial charge is 0.166 e. The molecule has 1 aliphatic rings. The van der Waals surface area contributed by atoms with Crippen LogP contribution in [0.15, 0.2) is 30.3 Å². The number of aliphatic hydroxyl groups excluding tert-OH is 1. The van der Waals surface area contributed by atoms with Crippen molar-refractivity contribution in [1.82, 2.24) is 14.8 Å². The Morgan fingerprint density at radius 1 is 1.06 bits per heavy atom. The van der Waals surface area contributed by atoms with E-state index in [-0.39, 0.29) is 0 Å². The number of benzene rings is 1. The van der Waals surface area contributed by atoms with Crippen molar-refractivity contribution >= 4 is 0 Å². The SMILES string of the molecule is OC(c1ccccc1)c1nnc2n1CCCCC2. The number of aromatic nitrogens is 3. The van der Waals surface area contributed by atoms with Crippen molar-refractivity contribution in [3.05, 3.63) is 47.5 Å². The van der Waals surface area contributed by atoms with Crippen LogP contribution in [0.3, 0.4) is 0 Å². The van der Waals surface area contributed by atoms with Gasteiger partial charge in [0.1, 0.15) is 11.9 Å². The summed E-state index contributed by atoms with van der Waals surface area (Å²) in [5.74, 6) is 1.69. The predicted molar refractivity (Wildman–Crippen MR) is 68.1 cm³/mol. The standard InChI is InChI=1S/C14H17N3O/c18-13(11-7-3-1-4-8-11)14-16-15-12-9-5-2-6-10-17(12)14/h1,3-4,7-8,13,18H,2,5-6,9-10H2. The molecule has 0 bridgehead atoms. The molecule has 1 unspecified atom stereocenters. The molecule has 0 spiro atoms. The third-order valence-electron chi connectivity index (χ3n) is 3.50. The van der Waals surface area contributed by atoms with Crippen molar-refractivity contribution < 1.29 is 5.11 Å². The fraction of sp³-hybridized carbons (Fsp3) is 0.429. The van der Waals surface area contributed by atoms with E-state index in [1.54, 1.807) is 0 Å². The summed E-state index contributed by atoms with van der Waals surface area (Å²) in [5, 5.41) is 18.8. The minimum atomic E-state index is -0.675. The van der Waals surface area contributed by atoms with Crippen LogP contribution in [0.4, 0.5) is 0 Å². The zero-order valence-corrected chi connectivity index (χ0v) is 10.3. The van der Waals surface area contributed by atoms with Gasteiger partial charge in [0, 0.05) is 13.0 Å². The van der Waals surface area contributed by atoms with Crippen molar-refractivity contribution in [3.63, 3.8) is 0 Å². The van der Waals surface area contributed by atoms with Gasteiger partial charge in [0.15, 0.2) is 5.82 Å². The van der Waals surface area contributed by atoms with E-state index in [9.17, 15) is 5.11 Å². The van der Waals surface area contributed by atoms with Crippen LogP contribution in [0.1, 0.15) is 42.6 Å². The van der Waals surface area contributed by atoms with Gasteiger partial charge in [-0.3, -0.25) is 0 Å². The summed E-state index contributed by atoms with van der Waals surface area (Å²) in [6.07, 6.45) is 3.82. The highest BCUT2D eigenvalue weighted by Crippen LogP contribution is 2.23. The van der Waals surface area contributed by atoms with Gasteiger partial charge < -0.3 is 9.67 Å². The van der Waals surface area contributed by atoms with E-state index < -0.39 is 6.10 Å². The van der Waals surface area contributed by atoms with Crippen molar-refractivity contribution in [3.8, 4) is 0 Å². The van der Waals surface area contributed by atoms with E-state index >= 15 is 0 Å². The molecule has 3 rings (SSSR count). The molecule has 0 radical (unpaired) electrons. The van der Waals surface area contributed by atoms with Crippen molar-refractivity contribution in [2.45, 2.75) is 38.3 Å². The van der Waals surface area contributed by atoms with Crippen LogP contribution in [0.5, 0.6) is 0 Å². The number of nitrogens with zero attached hydrogens (tertiary/aromatic N) is 3. The van der Waals surface area contributed by atoms with Gasteiger partial charge in [0.25, 0.3) is 0 Å². The van der Waals surface area contributed by atoms with Crippen LogP contribution < -0.4 is 0 Å². The van der Waals surface area contributed by atoms with Gasteiger partial charge in [-0.15, -0.1) is 10.2 Å². The topological polar surface area (TPSA) is 50.9 Å². The molecule has 4 heteroatoms. The first-order valence-electron chi connectivity index (χ1n) is 6.51. The normalized spacial score (nSPS) is 16.9. The highest BCUT2D eigenvalue weighted by atomic mass is 16.3. The lowest BCUT2D eigenvalue weighted by molar-refractivity contribution is 0.203. The average molecular weight is 243 g/mol. The first kappa shape index (κ1) is 11.4. The zero-order valence-electron chi connectivity index (χ0n) is 10.3. The number of fused-ring (bicyclic) bond motifs is 1. The van der Waals surface area contributed by atoms with Gasteiger partial charge in [0.05, 0.1) is 0 Å². The summed E-state index contributed by atoms with van der Waals surface area (Å²) in [5.41, 5.74) is 0.872. The van der Waals surface area contributed by atoms with Gasteiger partial charge in [-0.05, 0) is 18.4 Å².